The van der Waals surface area contributed by atoms with Crippen molar-refractivity contribution in [2.45, 2.75) is 32.0 Å². The molecule has 0 spiro atoms. The lowest BCUT2D eigenvalue weighted by molar-refractivity contribution is 0.316. The highest BCUT2D eigenvalue weighted by atomic mass is 16.6. The molecule has 2 atom stereocenters. The second-order valence-electron chi connectivity index (χ2n) is 5.57. The van der Waals surface area contributed by atoms with Gasteiger partial charge in [-0.05, 0) is 18.9 Å². The summed E-state index contributed by atoms with van der Waals surface area (Å²) in [5.41, 5.74) is 2.76. The van der Waals surface area contributed by atoms with E-state index < -0.39 is 0 Å². The van der Waals surface area contributed by atoms with Gasteiger partial charge in [-0.2, -0.15) is 0 Å². The van der Waals surface area contributed by atoms with Crippen LogP contribution in [0.15, 0.2) is 24.3 Å². The number of epoxide rings is 1. The second kappa shape index (κ2) is 5.39. The third-order valence-corrected chi connectivity index (χ3v) is 3.84. The molecule has 1 unspecified atom stereocenters. The van der Waals surface area contributed by atoms with Gasteiger partial charge in [-0.15, -0.1) is 0 Å². The third-order valence-electron chi connectivity index (χ3n) is 3.84. The van der Waals surface area contributed by atoms with Crippen molar-refractivity contribution in [2.75, 3.05) is 26.2 Å². The summed E-state index contributed by atoms with van der Waals surface area (Å²) < 4.78 is 5.23. The van der Waals surface area contributed by atoms with E-state index in [1.165, 1.54) is 30.6 Å². The molecular formula is C15H22N2O. The molecule has 0 aliphatic carbocycles. The maximum atomic E-state index is 5.23. The van der Waals surface area contributed by atoms with Gasteiger partial charge in [0.05, 0.1) is 12.7 Å². The Labute approximate surface area is 109 Å². The average molecular weight is 246 g/mol. The molecule has 3 nitrogen and oxygen atoms in total. The molecule has 0 aromatic heterocycles. The van der Waals surface area contributed by atoms with Crippen LogP contribution in [0.5, 0.6) is 0 Å². The Balaban J connectivity index is 1.44. The lowest BCUT2D eigenvalue weighted by Gasteiger charge is -2.16. The van der Waals surface area contributed by atoms with Gasteiger partial charge in [-0.3, -0.25) is 4.90 Å². The molecule has 0 bridgehead atoms. The van der Waals surface area contributed by atoms with E-state index in [0.29, 0.717) is 12.1 Å². The fraction of sp³-hybridized carbons (Fsp3) is 0.600. The number of benzene rings is 1. The summed E-state index contributed by atoms with van der Waals surface area (Å²) in [7, 11) is 0. The molecule has 0 radical (unpaired) electrons. The first-order valence-electron chi connectivity index (χ1n) is 6.92. The van der Waals surface area contributed by atoms with Crippen LogP contribution in [0, 0.1) is 6.92 Å². The molecule has 3 heteroatoms. The summed E-state index contributed by atoms with van der Waals surface area (Å²) in [4.78, 5) is 2.54. The summed E-state index contributed by atoms with van der Waals surface area (Å²) in [6, 6.07) is 9.54. The van der Waals surface area contributed by atoms with Crippen LogP contribution in [0.25, 0.3) is 0 Å². The third kappa shape index (κ3) is 3.31. The molecule has 2 aliphatic rings. The highest BCUT2D eigenvalue weighted by molar-refractivity contribution is 5.21. The Bertz CT molecular complexity index is 386. The number of rotatable bonds is 5. The standard InChI is InChI=1S/C15H22N2O/c1-12-2-4-13(5-3-12)9-17-7-6-14(10-17)16-8-15-11-18-15/h2-5,14-16H,6-11H2,1H3/t14-,15?/m1/s1. The normalized spacial score (nSPS) is 27.6. The molecule has 0 amide bonds. The van der Waals surface area contributed by atoms with Crippen LogP contribution in [0.3, 0.4) is 0 Å². The number of aryl methyl sites for hydroxylation is 1. The predicted octanol–water partition coefficient (Wildman–Crippen LogP) is 1.56. The summed E-state index contributed by atoms with van der Waals surface area (Å²) >= 11 is 0. The minimum absolute atomic E-state index is 0.496. The molecule has 98 valence electrons. The van der Waals surface area contributed by atoms with Gasteiger partial charge in [0.25, 0.3) is 0 Å². The first kappa shape index (κ1) is 12.2. The van der Waals surface area contributed by atoms with Gasteiger partial charge in [0.2, 0.25) is 0 Å². The molecule has 1 aromatic carbocycles. The lowest BCUT2D eigenvalue weighted by Crippen LogP contribution is -2.34. The van der Waals surface area contributed by atoms with Crippen LogP contribution in [0.2, 0.25) is 0 Å². The number of nitrogens with zero attached hydrogens (tertiary/aromatic N) is 1. The van der Waals surface area contributed by atoms with Crippen molar-refractivity contribution in [3.8, 4) is 0 Å². The van der Waals surface area contributed by atoms with E-state index in [2.05, 4.69) is 41.4 Å². The Kier molecular flexibility index (Phi) is 3.64. The maximum absolute atomic E-state index is 5.23. The molecule has 1 N–H and O–H groups in total. The molecule has 1 aromatic rings. The molecule has 2 aliphatic heterocycles. The van der Waals surface area contributed by atoms with Crippen molar-refractivity contribution < 1.29 is 4.74 Å². The quantitative estimate of drug-likeness (QED) is 0.799. The van der Waals surface area contributed by atoms with Crippen molar-refractivity contribution in [1.29, 1.82) is 0 Å². The molecule has 18 heavy (non-hydrogen) atoms. The van der Waals surface area contributed by atoms with Gasteiger partial charge >= 0.3 is 0 Å². The van der Waals surface area contributed by atoms with Crippen molar-refractivity contribution in [3.05, 3.63) is 35.4 Å². The van der Waals surface area contributed by atoms with Gasteiger partial charge in [-0.1, -0.05) is 29.8 Å². The number of hydrogen-bond donors (Lipinski definition) is 1. The fourth-order valence-corrected chi connectivity index (χ4v) is 2.58. The predicted molar refractivity (Wildman–Crippen MR) is 72.6 cm³/mol. The van der Waals surface area contributed by atoms with E-state index in [-0.39, 0.29) is 0 Å². The zero-order valence-corrected chi connectivity index (χ0v) is 11.1. The van der Waals surface area contributed by atoms with Crippen LogP contribution in [0.1, 0.15) is 17.5 Å². The monoisotopic (exact) mass is 246 g/mol. The molecule has 0 saturated carbocycles. The van der Waals surface area contributed by atoms with E-state index >= 15 is 0 Å². The average Bonchev–Trinajstić information content (AvgIpc) is 3.10. The Morgan fingerprint density at radius 2 is 2.11 bits per heavy atom. The molecule has 3 rings (SSSR count). The number of nitrogens with one attached hydrogen (secondary N) is 1. The van der Waals surface area contributed by atoms with Crippen LogP contribution in [-0.2, 0) is 11.3 Å². The SMILES string of the molecule is Cc1ccc(CN2CC[C@@H](NCC3CO3)C2)cc1. The van der Waals surface area contributed by atoms with E-state index in [9.17, 15) is 0 Å². The van der Waals surface area contributed by atoms with E-state index in [1.54, 1.807) is 0 Å². The van der Waals surface area contributed by atoms with Crippen LogP contribution in [0.4, 0.5) is 0 Å². The number of ether oxygens (including phenoxy) is 1. The van der Waals surface area contributed by atoms with Crippen molar-refractivity contribution in [1.82, 2.24) is 10.2 Å². The highest BCUT2D eigenvalue weighted by Gasteiger charge is 2.26. The fourth-order valence-electron chi connectivity index (χ4n) is 2.58. The molecule has 2 saturated heterocycles. The van der Waals surface area contributed by atoms with Gasteiger partial charge < -0.3 is 10.1 Å². The van der Waals surface area contributed by atoms with E-state index in [0.717, 1.165) is 19.7 Å². The summed E-state index contributed by atoms with van der Waals surface area (Å²) in [5, 5.41) is 3.60. The van der Waals surface area contributed by atoms with Crippen molar-refractivity contribution in [2.24, 2.45) is 0 Å². The molecule has 2 fully saturated rings. The van der Waals surface area contributed by atoms with Gasteiger partial charge in [0.15, 0.2) is 0 Å². The Morgan fingerprint density at radius 1 is 1.33 bits per heavy atom. The topological polar surface area (TPSA) is 27.8 Å². The smallest absolute Gasteiger partial charge is 0.0934 e. The Hall–Kier alpha value is -0.900. The highest BCUT2D eigenvalue weighted by Crippen LogP contribution is 2.15. The van der Waals surface area contributed by atoms with Crippen LogP contribution >= 0.6 is 0 Å². The minimum atomic E-state index is 0.496. The lowest BCUT2D eigenvalue weighted by atomic mass is 10.1. The maximum Gasteiger partial charge on any atom is 0.0934 e. The van der Waals surface area contributed by atoms with Crippen molar-refractivity contribution in [3.63, 3.8) is 0 Å². The van der Waals surface area contributed by atoms with Gasteiger partial charge in [-0.25, -0.2) is 0 Å². The first-order chi connectivity index (χ1) is 8.79. The van der Waals surface area contributed by atoms with Gasteiger partial charge in [0, 0.05) is 32.2 Å². The van der Waals surface area contributed by atoms with Crippen LogP contribution < -0.4 is 5.32 Å². The zero-order valence-electron chi connectivity index (χ0n) is 11.1. The number of likely N-dealkylation sites (tertiary alicyclic amines) is 1. The van der Waals surface area contributed by atoms with E-state index in [1.807, 2.05) is 0 Å². The largest absolute Gasteiger partial charge is 0.372 e. The van der Waals surface area contributed by atoms with E-state index in [4.69, 9.17) is 4.74 Å². The van der Waals surface area contributed by atoms with Crippen molar-refractivity contribution >= 4 is 0 Å². The molecule has 2 heterocycles. The van der Waals surface area contributed by atoms with Gasteiger partial charge in [0.1, 0.15) is 0 Å². The molecular weight excluding hydrogens is 224 g/mol. The summed E-state index contributed by atoms with van der Waals surface area (Å²) in [6.07, 6.45) is 1.76. The summed E-state index contributed by atoms with van der Waals surface area (Å²) in [5.74, 6) is 0. The number of hydrogen-bond acceptors (Lipinski definition) is 3. The minimum Gasteiger partial charge on any atom is -0.372 e. The Morgan fingerprint density at radius 3 is 2.83 bits per heavy atom. The summed E-state index contributed by atoms with van der Waals surface area (Å²) in [6.45, 7) is 7.57. The zero-order chi connectivity index (χ0) is 12.4. The first-order valence-corrected chi connectivity index (χ1v) is 6.92. The second-order valence-corrected chi connectivity index (χ2v) is 5.57. The van der Waals surface area contributed by atoms with Crippen LogP contribution in [-0.4, -0.2) is 43.3 Å².